The molecule has 0 radical (unpaired) electrons. The number of para-hydroxylation sites is 3. The van der Waals surface area contributed by atoms with Crippen LogP contribution in [0.3, 0.4) is 0 Å². The average Bonchev–Trinajstić information content (AvgIpc) is 3.85. The van der Waals surface area contributed by atoms with Crippen LogP contribution in [0.2, 0.25) is 0 Å². The molecule has 13 aromatic rings. The van der Waals surface area contributed by atoms with Crippen LogP contribution in [0.4, 0.5) is 0 Å². The van der Waals surface area contributed by atoms with Crippen molar-refractivity contribution in [2.24, 2.45) is 0 Å². The van der Waals surface area contributed by atoms with Crippen LogP contribution in [-0.2, 0) is 0 Å². The molecule has 0 aliphatic carbocycles. The van der Waals surface area contributed by atoms with Crippen molar-refractivity contribution in [3.63, 3.8) is 0 Å². The van der Waals surface area contributed by atoms with E-state index < -0.39 is 0 Å². The Kier molecular flexibility index (Phi) is 7.54. The van der Waals surface area contributed by atoms with Gasteiger partial charge in [-0.3, -0.25) is 0 Å². The summed E-state index contributed by atoms with van der Waals surface area (Å²) < 4.78 is 4.85. The Morgan fingerprint density at radius 2 is 0.677 bits per heavy atom. The summed E-state index contributed by atoms with van der Waals surface area (Å²) in [5.41, 5.74) is 9.57. The molecule has 5 nitrogen and oxygen atoms in total. The predicted octanol–water partition coefficient (Wildman–Crippen LogP) is 14.5. The van der Waals surface area contributed by atoms with Crippen molar-refractivity contribution in [1.29, 1.82) is 0 Å². The number of hydrogen-bond acceptors (Lipinski definition) is 3. The van der Waals surface area contributed by atoms with E-state index in [0.29, 0.717) is 17.5 Å². The van der Waals surface area contributed by atoms with E-state index in [1.54, 1.807) is 0 Å². The van der Waals surface area contributed by atoms with Gasteiger partial charge >= 0.3 is 0 Å². The highest BCUT2D eigenvalue weighted by atomic mass is 15.0. The van der Waals surface area contributed by atoms with Crippen LogP contribution in [0.1, 0.15) is 0 Å². The minimum atomic E-state index is 0.623. The molecule has 10 aromatic carbocycles. The zero-order chi connectivity index (χ0) is 40.7. The molecule has 0 amide bonds. The highest BCUT2D eigenvalue weighted by Crippen LogP contribution is 2.44. The van der Waals surface area contributed by atoms with Gasteiger partial charge < -0.3 is 9.13 Å². The van der Waals surface area contributed by atoms with E-state index in [1.807, 2.05) is 36.4 Å². The van der Waals surface area contributed by atoms with E-state index in [-0.39, 0.29) is 0 Å². The SMILES string of the molecule is c1ccc(-c2nc(-c3ccccc3)nc(-c3cc(-n4c5ccccc5c5cc6c7ccccc7n(-c7ccccc7)c6cc54)cc4c5ccccc5c5ccccc5c34)n2)cc1. The first-order valence-corrected chi connectivity index (χ1v) is 21.0. The van der Waals surface area contributed by atoms with Crippen LogP contribution in [0.15, 0.2) is 212 Å². The van der Waals surface area contributed by atoms with Crippen molar-refractivity contribution in [1.82, 2.24) is 24.1 Å². The van der Waals surface area contributed by atoms with Gasteiger partial charge in [0.25, 0.3) is 0 Å². The van der Waals surface area contributed by atoms with Gasteiger partial charge in [-0.15, -0.1) is 0 Å². The molecule has 5 heteroatoms. The molecule has 0 unspecified atom stereocenters. The quantitative estimate of drug-likeness (QED) is 0.163. The van der Waals surface area contributed by atoms with E-state index >= 15 is 0 Å². The fourth-order valence-electron chi connectivity index (χ4n) is 9.82. The Hall–Kier alpha value is -8.41. The molecule has 0 saturated heterocycles. The number of aromatic nitrogens is 5. The van der Waals surface area contributed by atoms with E-state index in [1.165, 1.54) is 43.2 Å². The normalized spacial score (nSPS) is 11.9. The Labute approximate surface area is 356 Å². The molecule has 0 N–H and O–H groups in total. The molecule has 0 bridgehead atoms. The first-order valence-electron chi connectivity index (χ1n) is 21.0. The number of fused-ring (bicyclic) bond motifs is 12. The van der Waals surface area contributed by atoms with Gasteiger partial charge in [0.2, 0.25) is 0 Å². The minimum Gasteiger partial charge on any atom is -0.309 e. The van der Waals surface area contributed by atoms with E-state index in [2.05, 4.69) is 185 Å². The molecule has 0 fully saturated rings. The molecular formula is C57H35N5. The lowest BCUT2D eigenvalue weighted by Gasteiger charge is -2.18. The summed E-state index contributed by atoms with van der Waals surface area (Å²) >= 11 is 0. The molecule has 0 aliphatic rings. The van der Waals surface area contributed by atoms with Crippen molar-refractivity contribution in [2.45, 2.75) is 0 Å². The summed E-state index contributed by atoms with van der Waals surface area (Å²) in [5.74, 6) is 1.88. The van der Waals surface area contributed by atoms with Crippen molar-refractivity contribution in [3.8, 4) is 45.5 Å². The van der Waals surface area contributed by atoms with E-state index in [0.717, 1.165) is 60.8 Å². The zero-order valence-electron chi connectivity index (χ0n) is 33.4. The lowest BCUT2D eigenvalue weighted by Crippen LogP contribution is -2.02. The summed E-state index contributed by atoms with van der Waals surface area (Å²) in [6, 6.07) is 75.7. The Morgan fingerprint density at radius 3 is 1.24 bits per heavy atom. The smallest absolute Gasteiger partial charge is 0.164 e. The Bertz CT molecular complexity index is 3850. The maximum Gasteiger partial charge on any atom is 0.164 e. The van der Waals surface area contributed by atoms with Crippen LogP contribution in [0, 0.1) is 0 Å². The van der Waals surface area contributed by atoms with Gasteiger partial charge in [0, 0.05) is 55.0 Å². The third-order valence-electron chi connectivity index (χ3n) is 12.5. The van der Waals surface area contributed by atoms with E-state index in [9.17, 15) is 0 Å². The number of rotatable bonds is 5. The van der Waals surface area contributed by atoms with Crippen LogP contribution < -0.4 is 0 Å². The van der Waals surface area contributed by atoms with Gasteiger partial charge in [0.1, 0.15) is 0 Å². The minimum absolute atomic E-state index is 0.623. The Morgan fingerprint density at radius 1 is 0.258 bits per heavy atom. The standard InChI is InChI=1S/C57H35N5/c1-4-18-36(19-5-1)55-58-56(37-20-6-2-7-21-37)60-57(59-55)49-33-39(32-48-42-26-11-10-24-40(42)41-25-12-13-29-45(41)54(48)49)62-51-31-17-15-28-44(51)47-34-46-43-27-14-16-30-50(43)61(52(46)35-53(47)62)38-22-8-3-9-23-38/h1-35H. The molecule has 0 atom stereocenters. The molecular weight excluding hydrogens is 755 g/mol. The highest BCUT2D eigenvalue weighted by Gasteiger charge is 2.23. The molecule has 0 aliphatic heterocycles. The predicted molar refractivity (Wildman–Crippen MR) is 257 cm³/mol. The van der Waals surface area contributed by atoms with Crippen LogP contribution in [0.25, 0.3) is 121 Å². The average molecular weight is 790 g/mol. The molecule has 0 spiro atoms. The second-order valence-corrected chi connectivity index (χ2v) is 16.0. The topological polar surface area (TPSA) is 48.5 Å². The number of nitrogens with zero attached hydrogens (tertiary/aromatic N) is 5. The molecule has 0 saturated carbocycles. The van der Waals surface area contributed by atoms with E-state index in [4.69, 9.17) is 15.0 Å². The van der Waals surface area contributed by atoms with Gasteiger partial charge in [-0.2, -0.15) is 0 Å². The molecule has 3 aromatic heterocycles. The second kappa shape index (κ2) is 13.6. The largest absolute Gasteiger partial charge is 0.309 e. The third-order valence-corrected chi connectivity index (χ3v) is 12.5. The van der Waals surface area contributed by atoms with Crippen molar-refractivity contribution < 1.29 is 0 Å². The van der Waals surface area contributed by atoms with Crippen LogP contribution >= 0.6 is 0 Å². The first-order chi connectivity index (χ1) is 30.8. The van der Waals surface area contributed by atoms with Gasteiger partial charge in [-0.1, -0.05) is 164 Å². The summed E-state index contributed by atoms with van der Waals surface area (Å²) in [6.07, 6.45) is 0. The summed E-state index contributed by atoms with van der Waals surface area (Å²) in [5, 5.41) is 11.8. The molecule has 13 rings (SSSR count). The zero-order valence-corrected chi connectivity index (χ0v) is 33.4. The maximum atomic E-state index is 5.36. The Balaban J connectivity index is 1.19. The lowest BCUT2D eigenvalue weighted by molar-refractivity contribution is 1.07. The van der Waals surface area contributed by atoms with Gasteiger partial charge in [-0.25, -0.2) is 15.0 Å². The van der Waals surface area contributed by atoms with Crippen molar-refractivity contribution in [2.75, 3.05) is 0 Å². The maximum absolute atomic E-state index is 5.36. The first kappa shape index (κ1) is 34.5. The van der Waals surface area contributed by atoms with Crippen molar-refractivity contribution >= 4 is 75.9 Å². The van der Waals surface area contributed by atoms with Crippen LogP contribution in [0.5, 0.6) is 0 Å². The summed E-state index contributed by atoms with van der Waals surface area (Å²) in [4.78, 5) is 15.8. The summed E-state index contributed by atoms with van der Waals surface area (Å²) in [6.45, 7) is 0. The van der Waals surface area contributed by atoms with Gasteiger partial charge in [0.15, 0.2) is 17.5 Å². The second-order valence-electron chi connectivity index (χ2n) is 16.0. The lowest BCUT2D eigenvalue weighted by atomic mass is 9.91. The molecule has 288 valence electrons. The highest BCUT2D eigenvalue weighted by molar-refractivity contribution is 6.29. The number of benzene rings is 10. The van der Waals surface area contributed by atoms with Crippen LogP contribution in [-0.4, -0.2) is 24.1 Å². The van der Waals surface area contributed by atoms with Crippen molar-refractivity contribution in [3.05, 3.63) is 212 Å². The molecule has 3 heterocycles. The summed E-state index contributed by atoms with van der Waals surface area (Å²) in [7, 11) is 0. The third kappa shape index (κ3) is 5.18. The monoisotopic (exact) mass is 789 g/mol. The fraction of sp³-hybridized carbons (Fsp3) is 0. The molecule has 62 heavy (non-hydrogen) atoms. The van der Waals surface area contributed by atoms with Gasteiger partial charge in [-0.05, 0) is 75.5 Å². The number of hydrogen-bond donors (Lipinski definition) is 0. The fourth-order valence-corrected chi connectivity index (χ4v) is 9.82. The van der Waals surface area contributed by atoms with Gasteiger partial charge in [0.05, 0.1) is 22.1 Å².